The van der Waals surface area contributed by atoms with Crippen LogP contribution < -0.4 is 11.1 Å². The number of guanidine groups is 1. The Balaban J connectivity index is 1.74. The second-order valence-electron chi connectivity index (χ2n) is 5.83. The second kappa shape index (κ2) is 5.16. The first-order valence-electron chi connectivity index (χ1n) is 7.22. The Morgan fingerprint density at radius 2 is 1.95 bits per heavy atom. The fourth-order valence-corrected chi connectivity index (χ4v) is 2.63. The number of nitrogens with one attached hydrogen (secondary N) is 1. The van der Waals surface area contributed by atoms with Crippen molar-refractivity contribution in [3.05, 3.63) is 48.0 Å². The molecule has 3 N–H and O–H groups in total. The lowest BCUT2D eigenvalue weighted by atomic mass is 10.0. The van der Waals surface area contributed by atoms with Gasteiger partial charge in [-0.2, -0.15) is 0 Å². The molecule has 0 bridgehead atoms. The molecule has 2 aromatic carbocycles. The summed E-state index contributed by atoms with van der Waals surface area (Å²) in [6.07, 6.45) is 1.10. The van der Waals surface area contributed by atoms with Crippen LogP contribution >= 0.6 is 0 Å². The van der Waals surface area contributed by atoms with Gasteiger partial charge in [0, 0.05) is 12.0 Å². The molecule has 0 amide bonds. The third kappa shape index (κ3) is 2.77. The van der Waals surface area contributed by atoms with Crippen molar-refractivity contribution in [1.29, 1.82) is 0 Å². The number of nitrogens with zero attached hydrogens (tertiary/aromatic N) is 1. The first-order chi connectivity index (χ1) is 9.63. The lowest BCUT2D eigenvalue weighted by Crippen LogP contribution is -2.37. The molecule has 1 saturated carbocycles. The van der Waals surface area contributed by atoms with Gasteiger partial charge in [0.1, 0.15) is 0 Å². The normalized spacial score (nSPS) is 22.2. The van der Waals surface area contributed by atoms with Crippen molar-refractivity contribution in [2.75, 3.05) is 0 Å². The van der Waals surface area contributed by atoms with Crippen molar-refractivity contribution in [3.63, 3.8) is 0 Å². The molecular weight excluding hydrogens is 246 g/mol. The van der Waals surface area contributed by atoms with E-state index in [0.717, 1.165) is 6.42 Å². The van der Waals surface area contributed by atoms with Gasteiger partial charge in [0.25, 0.3) is 0 Å². The van der Waals surface area contributed by atoms with Crippen molar-refractivity contribution in [2.24, 2.45) is 10.7 Å². The Morgan fingerprint density at radius 3 is 2.70 bits per heavy atom. The highest BCUT2D eigenvalue weighted by molar-refractivity contribution is 5.83. The Labute approximate surface area is 119 Å². The van der Waals surface area contributed by atoms with E-state index in [0.29, 0.717) is 24.0 Å². The summed E-state index contributed by atoms with van der Waals surface area (Å²) in [6.45, 7) is 4.13. The van der Waals surface area contributed by atoms with Crippen molar-refractivity contribution < 1.29 is 0 Å². The van der Waals surface area contributed by atoms with E-state index in [1.807, 2.05) is 0 Å². The molecule has 0 saturated heterocycles. The van der Waals surface area contributed by atoms with Gasteiger partial charge in [-0.05, 0) is 36.6 Å². The highest BCUT2D eigenvalue weighted by Gasteiger charge is 2.38. The topological polar surface area (TPSA) is 50.4 Å². The monoisotopic (exact) mass is 267 g/mol. The largest absolute Gasteiger partial charge is 0.370 e. The molecule has 3 rings (SSSR count). The van der Waals surface area contributed by atoms with E-state index >= 15 is 0 Å². The average molecular weight is 267 g/mol. The molecule has 20 heavy (non-hydrogen) atoms. The van der Waals surface area contributed by atoms with E-state index in [2.05, 4.69) is 66.6 Å². The van der Waals surface area contributed by atoms with Crippen LogP contribution in [0.2, 0.25) is 0 Å². The minimum atomic E-state index is 0.330. The molecule has 2 atom stereocenters. The van der Waals surface area contributed by atoms with Gasteiger partial charge < -0.3 is 11.1 Å². The molecule has 104 valence electrons. The first kappa shape index (κ1) is 13.0. The fraction of sp³-hybridized carbons (Fsp3) is 0.353. The van der Waals surface area contributed by atoms with E-state index in [-0.39, 0.29) is 0 Å². The quantitative estimate of drug-likeness (QED) is 0.663. The standard InChI is InChI=1S/C17H21N3/c1-11(2)19-17(18)20-16-10-15(16)14-8-7-12-5-3-4-6-13(12)9-14/h3-9,11,15-16H,10H2,1-2H3,(H3,18,19,20)/t15-,16+/m0/s1. The van der Waals surface area contributed by atoms with E-state index < -0.39 is 0 Å². The Hall–Kier alpha value is -2.03. The van der Waals surface area contributed by atoms with Gasteiger partial charge >= 0.3 is 0 Å². The summed E-state index contributed by atoms with van der Waals surface area (Å²) in [7, 11) is 0. The lowest BCUT2D eigenvalue weighted by molar-refractivity contribution is 0.722. The summed E-state index contributed by atoms with van der Waals surface area (Å²) >= 11 is 0. The molecule has 2 aromatic rings. The smallest absolute Gasteiger partial charge is 0.189 e. The Bertz CT molecular complexity index is 645. The second-order valence-corrected chi connectivity index (χ2v) is 5.83. The van der Waals surface area contributed by atoms with Crippen LogP contribution in [0.1, 0.15) is 31.7 Å². The van der Waals surface area contributed by atoms with E-state index in [4.69, 9.17) is 5.73 Å². The Morgan fingerprint density at radius 1 is 1.20 bits per heavy atom. The van der Waals surface area contributed by atoms with Crippen LogP contribution in [0.25, 0.3) is 10.8 Å². The van der Waals surface area contributed by atoms with Gasteiger partial charge in [-0.25, -0.2) is 4.99 Å². The summed E-state index contributed by atoms with van der Waals surface area (Å²) < 4.78 is 0. The highest BCUT2D eigenvalue weighted by Crippen LogP contribution is 2.44. The van der Waals surface area contributed by atoms with Gasteiger partial charge in [-0.1, -0.05) is 42.5 Å². The van der Waals surface area contributed by atoms with Gasteiger partial charge in [0.05, 0.1) is 6.04 Å². The molecule has 1 fully saturated rings. The summed E-state index contributed by atoms with van der Waals surface area (Å²) in [4.78, 5) is 4.55. The summed E-state index contributed by atoms with van der Waals surface area (Å²) in [5.41, 5.74) is 7.26. The molecule has 0 aliphatic heterocycles. The van der Waals surface area contributed by atoms with Gasteiger partial charge in [-0.3, -0.25) is 0 Å². The molecule has 3 nitrogen and oxygen atoms in total. The van der Waals surface area contributed by atoms with Crippen molar-refractivity contribution in [2.45, 2.75) is 38.3 Å². The minimum Gasteiger partial charge on any atom is -0.370 e. The van der Waals surface area contributed by atoms with Crippen LogP contribution in [0.15, 0.2) is 47.5 Å². The minimum absolute atomic E-state index is 0.330. The Kier molecular flexibility index (Phi) is 3.35. The summed E-state index contributed by atoms with van der Waals surface area (Å²) in [5, 5.41) is 5.73. The maximum atomic E-state index is 5.89. The average Bonchev–Trinajstić information content (AvgIpc) is 3.16. The number of hydrogen-bond donors (Lipinski definition) is 2. The van der Waals surface area contributed by atoms with Crippen LogP contribution in [0.4, 0.5) is 0 Å². The first-order valence-corrected chi connectivity index (χ1v) is 7.22. The number of rotatable bonds is 3. The number of fused-ring (bicyclic) bond motifs is 1. The van der Waals surface area contributed by atoms with Crippen LogP contribution in [-0.2, 0) is 0 Å². The number of benzene rings is 2. The zero-order valence-electron chi connectivity index (χ0n) is 12.0. The molecule has 3 heteroatoms. The molecular formula is C17H21N3. The van der Waals surface area contributed by atoms with E-state index in [9.17, 15) is 0 Å². The van der Waals surface area contributed by atoms with Gasteiger partial charge in [0.15, 0.2) is 5.96 Å². The van der Waals surface area contributed by atoms with Crippen molar-refractivity contribution >= 4 is 16.7 Å². The van der Waals surface area contributed by atoms with Crippen LogP contribution in [0.3, 0.4) is 0 Å². The van der Waals surface area contributed by atoms with Crippen LogP contribution in [0, 0.1) is 0 Å². The molecule has 0 spiro atoms. The SMILES string of the molecule is CC(C)NC(N)=N[C@@H]1C[C@H]1c1ccc2ccccc2c1. The van der Waals surface area contributed by atoms with Gasteiger partial charge in [0.2, 0.25) is 0 Å². The van der Waals surface area contributed by atoms with E-state index in [1.165, 1.54) is 16.3 Å². The zero-order chi connectivity index (χ0) is 14.1. The van der Waals surface area contributed by atoms with Crippen LogP contribution in [0.5, 0.6) is 0 Å². The maximum absolute atomic E-state index is 5.89. The van der Waals surface area contributed by atoms with Crippen molar-refractivity contribution in [3.8, 4) is 0 Å². The number of nitrogens with two attached hydrogens (primary N) is 1. The van der Waals surface area contributed by atoms with Crippen LogP contribution in [-0.4, -0.2) is 18.0 Å². The molecule has 1 aliphatic rings. The number of aliphatic imine (C=N–C) groups is 1. The highest BCUT2D eigenvalue weighted by atomic mass is 15.1. The molecule has 0 heterocycles. The third-order valence-electron chi connectivity index (χ3n) is 3.70. The molecule has 0 radical (unpaired) electrons. The molecule has 0 unspecified atom stereocenters. The van der Waals surface area contributed by atoms with Crippen molar-refractivity contribution in [1.82, 2.24) is 5.32 Å². The summed E-state index contributed by atoms with van der Waals surface area (Å²) in [5.74, 6) is 1.08. The van der Waals surface area contributed by atoms with Gasteiger partial charge in [-0.15, -0.1) is 0 Å². The summed E-state index contributed by atoms with van der Waals surface area (Å²) in [6, 6.07) is 15.8. The maximum Gasteiger partial charge on any atom is 0.189 e. The molecule has 0 aromatic heterocycles. The van der Waals surface area contributed by atoms with E-state index in [1.54, 1.807) is 0 Å². The zero-order valence-corrected chi connectivity index (χ0v) is 12.0. The lowest BCUT2D eigenvalue weighted by Gasteiger charge is -2.08. The molecule has 1 aliphatic carbocycles. The predicted octanol–water partition coefficient (Wildman–Crippen LogP) is 3.01. The number of hydrogen-bond acceptors (Lipinski definition) is 1. The predicted molar refractivity (Wildman–Crippen MR) is 85.0 cm³/mol. The fourth-order valence-electron chi connectivity index (χ4n) is 2.63. The third-order valence-corrected chi connectivity index (χ3v) is 3.70.